The van der Waals surface area contributed by atoms with Crippen molar-refractivity contribution in [3.63, 3.8) is 0 Å². The van der Waals surface area contributed by atoms with E-state index in [0.717, 1.165) is 5.69 Å². The van der Waals surface area contributed by atoms with E-state index in [2.05, 4.69) is 4.98 Å². The minimum absolute atomic E-state index is 0.398. The first-order valence-corrected chi connectivity index (χ1v) is 5.90. The van der Waals surface area contributed by atoms with Crippen LogP contribution < -0.4 is 4.74 Å². The predicted molar refractivity (Wildman–Crippen MR) is 65.7 cm³/mol. The zero-order chi connectivity index (χ0) is 14.6. The number of benzene rings is 1. The summed E-state index contributed by atoms with van der Waals surface area (Å²) in [5.74, 6) is 0.398. The number of hydrogen-bond donors (Lipinski definition) is 1. The largest absolute Gasteiger partial charge is 0.491 e. The van der Waals surface area contributed by atoms with E-state index < -0.39 is 25.3 Å². The van der Waals surface area contributed by atoms with E-state index in [1.807, 2.05) is 0 Å². The zero-order valence-electron chi connectivity index (χ0n) is 10.4. The summed E-state index contributed by atoms with van der Waals surface area (Å²) in [6, 6.07) is 6.73. The summed E-state index contributed by atoms with van der Waals surface area (Å²) < 4.78 is 42.9. The van der Waals surface area contributed by atoms with Crippen molar-refractivity contribution in [3.05, 3.63) is 43.0 Å². The van der Waals surface area contributed by atoms with Crippen LogP contribution in [0.25, 0.3) is 5.69 Å². The third kappa shape index (κ3) is 4.27. The molecule has 0 unspecified atom stereocenters. The van der Waals surface area contributed by atoms with Crippen molar-refractivity contribution in [3.8, 4) is 11.4 Å². The van der Waals surface area contributed by atoms with Gasteiger partial charge in [-0.1, -0.05) is 0 Å². The SMILES string of the molecule is O[C@@H](COc1ccc(-n2ccnc2)cc1)CC(F)(F)F. The van der Waals surface area contributed by atoms with E-state index in [9.17, 15) is 18.3 Å². The third-order valence-corrected chi connectivity index (χ3v) is 2.55. The van der Waals surface area contributed by atoms with Crippen LogP contribution in [-0.4, -0.2) is 33.5 Å². The van der Waals surface area contributed by atoms with Gasteiger partial charge in [-0.25, -0.2) is 4.98 Å². The molecule has 1 aromatic heterocycles. The number of ether oxygens (including phenoxy) is 1. The molecule has 0 amide bonds. The highest BCUT2D eigenvalue weighted by Gasteiger charge is 2.31. The molecule has 20 heavy (non-hydrogen) atoms. The van der Waals surface area contributed by atoms with E-state index in [1.54, 1.807) is 47.6 Å². The quantitative estimate of drug-likeness (QED) is 0.919. The van der Waals surface area contributed by atoms with E-state index in [4.69, 9.17) is 4.74 Å². The van der Waals surface area contributed by atoms with Crippen LogP contribution in [0.15, 0.2) is 43.0 Å². The van der Waals surface area contributed by atoms with Crippen molar-refractivity contribution in [2.24, 2.45) is 0 Å². The molecule has 108 valence electrons. The minimum Gasteiger partial charge on any atom is -0.491 e. The first kappa shape index (κ1) is 14.4. The fourth-order valence-corrected chi connectivity index (χ4v) is 1.64. The lowest BCUT2D eigenvalue weighted by atomic mass is 10.2. The molecule has 1 heterocycles. The fraction of sp³-hybridized carbons (Fsp3) is 0.308. The van der Waals surface area contributed by atoms with Gasteiger partial charge < -0.3 is 14.4 Å². The zero-order valence-corrected chi connectivity index (χ0v) is 10.4. The lowest BCUT2D eigenvalue weighted by Crippen LogP contribution is -2.25. The third-order valence-electron chi connectivity index (χ3n) is 2.55. The number of hydrogen-bond acceptors (Lipinski definition) is 3. The molecule has 0 aliphatic heterocycles. The second kappa shape index (κ2) is 5.96. The average Bonchev–Trinajstić information content (AvgIpc) is 2.89. The van der Waals surface area contributed by atoms with Gasteiger partial charge in [0, 0.05) is 18.1 Å². The molecule has 0 aliphatic carbocycles. The summed E-state index contributed by atoms with van der Waals surface area (Å²) in [5, 5.41) is 9.19. The van der Waals surface area contributed by atoms with Gasteiger partial charge in [-0.2, -0.15) is 13.2 Å². The molecule has 0 radical (unpaired) electrons. The highest BCUT2D eigenvalue weighted by molar-refractivity contribution is 5.37. The Balaban J connectivity index is 1.88. The number of aliphatic hydroxyl groups excluding tert-OH is 1. The summed E-state index contributed by atoms with van der Waals surface area (Å²) >= 11 is 0. The van der Waals surface area contributed by atoms with Gasteiger partial charge in [0.1, 0.15) is 12.4 Å². The monoisotopic (exact) mass is 286 g/mol. The Labute approximate surface area is 113 Å². The Morgan fingerprint density at radius 2 is 1.95 bits per heavy atom. The van der Waals surface area contributed by atoms with Crippen LogP contribution in [0.4, 0.5) is 13.2 Å². The maximum absolute atomic E-state index is 12.0. The Bertz CT molecular complexity index is 524. The average molecular weight is 286 g/mol. The van der Waals surface area contributed by atoms with E-state index in [-0.39, 0.29) is 0 Å². The van der Waals surface area contributed by atoms with Crippen molar-refractivity contribution in [1.29, 1.82) is 0 Å². The smallest absolute Gasteiger partial charge is 0.391 e. The van der Waals surface area contributed by atoms with Gasteiger partial charge in [0.05, 0.1) is 18.9 Å². The van der Waals surface area contributed by atoms with Crippen LogP contribution in [0.1, 0.15) is 6.42 Å². The number of nitrogens with zero attached hydrogens (tertiary/aromatic N) is 2. The van der Waals surface area contributed by atoms with Crippen LogP contribution in [0.2, 0.25) is 0 Å². The Kier molecular flexibility index (Phi) is 4.29. The lowest BCUT2D eigenvalue weighted by Gasteiger charge is -2.14. The van der Waals surface area contributed by atoms with Crippen LogP contribution in [0, 0.1) is 0 Å². The maximum atomic E-state index is 12.0. The molecule has 0 saturated heterocycles. The summed E-state index contributed by atoms with van der Waals surface area (Å²) in [6.45, 7) is -0.399. The van der Waals surface area contributed by atoms with Gasteiger partial charge in [-0.05, 0) is 24.3 Å². The number of rotatable bonds is 5. The fourth-order valence-electron chi connectivity index (χ4n) is 1.64. The molecule has 1 aromatic carbocycles. The van der Waals surface area contributed by atoms with Crippen molar-refractivity contribution < 1.29 is 23.0 Å². The molecule has 4 nitrogen and oxygen atoms in total. The summed E-state index contributed by atoms with van der Waals surface area (Å²) in [7, 11) is 0. The molecule has 2 rings (SSSR count). The van der Waals surface area contributed by atoms with E-state index in [1.165, 1.54) is 0 Å². The number of halogens is 3. The van der Waals surface area contributed by atoms with Gasteiger partial charge in [-0.15, -0.1) is 0 Å². The summed E-state index contributed by atoms with van der Waals surface area (Å²) in [4.78, 5) is 3.91. The molecular formula is C13H13F3N2O2. The number of imidazole rings is 1. The molecule has 1 atom stereocenters. The first-order chi connectivity index (χ1) is 9.44. The second-order valence-corrected chi connectivity index (χ2v) is 4.25. The van der Waals surface area contributed by atoms with Crippen LogP contribution >= 0.6 is 0 Å². The lowest BCUT2D eigenvalue weighted by molar-refractivity contribution is -0.156. The highest BCUT2D eigenvalue weighted by atomic mass is 19.4. The van der Waals surface area contributed by atoms with E-state index in [0.29, 0.717) is 5.75 Å². The predicted octanol–water partition coefficient (Wildman–Crippen LogP) is 2.56. The van der Waals surface area contributed by atoms with Crippen LogP contribution in [0.3, 0.4) is 0 Å². The Morgan fingerprint density at radius 1 is 1.25 bits per heavy atom. The number of aromatic nitrogens is 2. The second-order valence-electron chi connectivity index (χ2n) is 4.25. The van der Waals surface area contributed by atoms with Crippen LogP contribution in [-0.2, 0) is 0 Å². The van der Waals surface area contributed by atoms with Crippen molar-refractivity contribution in [2.45, 2.75) is 18.7 Å². The molecule has 0 saturated carbocycles. The first-order valence-electron chi connectivity index (χ1n) is 5.90. The molecular weight excluding hydrogens is 273 g/mol. The molecule has 2 aromatic rings. The molecule has 0 aliphatic rings. The number of alkyl halides is 3. The normalized spacial score (nSPS) is 13.2. The molecule has 0 fully saturated rings. The molecule has 0 spiro atoms. The van der Waals surface area contributed by atoms with Crippen molar-refractivity contribution in [2.75, 3.05) is 6.61 Å². The highest BCUT2D eigenvalue weighted by Crippen LogP contribution is 2.22. The van der Waals surface area contributed by atoms with Gasteiger partial charge in [0.15, 0.2) is 0 Å². The van der Waals surface area contributed by atoms with Gasteiger partial charge >= 0.3 is 6.18 Å². The molecule has 0 bridgehead atoms. The Morgan fingerprint density at radius 3 is 2.50 bits per heavy atom. The standard InChI is InChI=1S/C13H13F3N2O2/c14-13(15,16)7-11(19)8-20-12-3-1-10(2-4-12)18-6-5-17-9-18/h1-6,9,11,19H,7-8H2/t11-/m1/s1. The topological polar surface area (TPSA) is 47.3 Å². The van der Waals surface area contributed by atoms with Gasteiger partial charge in [-0.3, -0.25) is 0 Å². The summed E-state index contributed by atoms with van der Waals surface area (Å²) in [5.41, 5.74) is 0.852. The van der Waals surface area contributed by atoms with Crippen LogP contribution in [0.5, 0.6) is 5.75 Å². The maximum Gasteiger partial charge on any atom is 0.391 e. The van der Waals surface area contributed by atoms with Crippen molar-refractivity contribution >= 4 is 0 Å². The van der Waals surface area contributed by atoms with E-state index >= 15 is 0 Å². The van der Waals surface area contributed by atoms with Crippen molar-refractivity contribution in [1.82, 2.24) is 9.55 Å². The molecule has 7 heteroatoms. The van der Waals surface area contributed by atoms with Gasteiger partial charge in [0.2, 0.25) is 0 Å². The summed E-state index contributed by atoms with van der Waals surface area (Å²) in [6.07, 6.45) is -2.21. The Hall–Kier alpha value is -2.02. The van der Waals surface area contributed by atoms with Gasteiger partial charge in [0.25, 0.3) is 0 Å². The molecule has 1 N–H and O–H groups in total. The number of aliphatic hydroxyl groups is 1. The minimum atomic E-state index is -4.39.